The van der Waals surface area contributed by atoms with E-state index in [9.17, 15) is 0 Å². The van der Waals surface area contributed by atoms with Crippen molar-refractivity contribution in [3.63, 3.8) is 0 Å². The van der Waals surface area contributed by atoms with E-state index >= 15 is 0 Å². The van der Waals surface area contributed by atoms with Crippen molar-refractivity contribution in [2.24, 2.45) is 11.8 Å². The molecule has 0 aromatic heterocycles. The summed E-state index contributed by atoms with van der Waals surface area (Å²) < 4.78 is 0.443. The first-order valence-electron chi connectivity index (χ1n) is 8.68. The van der Waals surface area contributed by atoms with E-state index in [2.05, 4.69) is 69.3 Å². The van der Waals surface area contributed by atoms with Gasteiger partial charge in [0.25, 0.3) is 0 Å². The molecule has 0 aromatic carbocycles. The number of nitrogens with zero attached hydrogens (tertiary/aromatic N) is 1. The number of allylic oxidation sites excluding steroid dienone is 4. The molecule has 3 unspecified atom stereocenters. The minimum atomic E-state index is -1.10. The van der Waals surface area contributed by atoms with Crippen LogP contribution in [0.3, 0.4) is 0 Å². The van der Waals surface area contributed by atoms with E-state index in [1.54, 1.807) is 11.1 Å². The zero-order valence-electron chi connectivity index (χ0n) is 15.6. The van der Waals surface area contributed by atoms with E-state index in [1.807, 2.05) is 0 Å². The third kappa shape index (κ3) is 4.33. The second kappa shape index (κ2) is 8.13. The summed E-state index contributed by atoms with van der Waals surface area (Å²) in [4.78, 5) is 2.35. The Hall–Kier alpha value is 0.154. The van der Waals surface area contributed by atoms with E-state index in [0.29, 0.717) is 9.64 Å². The van der Waals surface area contributed by atoms with Gasteiger partial charge in [-0.15, -0.1) is 0 Å². The van der Waals surface area contributed by atoms with Crippen LogP contribution in [-0.4, -0.2) is 25.5 Å². The summed E-state index contributed by atoms with van der Waals surface area (Å²) >= 11 is -1.10. The van der Waals surface area contributed by atoms with Gasteiger partial charge in [0.15, 0.2) is 0 Å². The van der Waals surface area contributed by atoms with Crippen LogP contribution in [0.1, 0.15) is 47.0 Å². The minimum absolute atomic E-state index is 0.443. The van der Waals surface area contributed by atoms with E-state index in [4.69, 9.17) is 0 Å². The Morgan fingerprint density at radius 3 is 2.10 bits per heavy atom. The molecule has 2 heteroatoms. The Kier molecular flexibility index (Phi) is 7.44. The molecule has 1 rings (SSSR count). The Labute approximate surface area is 139 Å². The average molecular weight is 326 g/mol. The van der Waals surface area contributed by atoms with Crippen LogP contribution in [0.2, 0.25) is 14.2 Å². The van der Waals surface area contributed by atoms with E-state index in [1.165, 1.54) is 25.8 Å². The predicted octanol–water partition coefficient (Wildman–Crippen LogP) is 5.77. The quantitative estimate of drug-likeness (QED) is 0.512. The first-order chi connectivity index (χ1) is 9.78. The molecule has 0 aliphatic heterocycles. The first kappa shape index (κ1) is 19.2. The second-order valence-electron chi connectivity index (χ2n) is 7.39. The van der Waals surface area contributed by atoms with Crippen molar-refractivity contribution in [1.29, 1.82) is 0 Å². The van der Waals surface area contributed by atoms with Gasteiger partial charge in [0.1, 0.15) is 0 Å². The zero-order valence-corrected chi connectivity index (χ0v) is 17.1. The Morgan fingerprint density at radius 1 is 1.10 bits per heavy atom. The molecule has 0 fully saturated rings. The molecule has 21 heavy (non-hydrogen) atoms. The van der Waals surface area contributed by atoms with Crippen LogP contribution in [0, 0.1) is 11.8 Å². The maximum atomic E-state index is 2.71. The molecule has 0 spiro atoms. The zero-order chi connectivity index (χ0) is 16.2. The average Bonchev–Trinajstić information content (AvgIpc) is 2.84. The molecule has 121 valence electrons. The van der Waals surface area contributed by atoms with Crippen LogP contribution < -0.4 is 0 Å². The fourth-order valence-electron chi connectivity index (χ4n) is 3.34. The van der Waals surface area contributed by atoms with E-state index < -0.39 is 17.9 Å². The van der Waals surface area contributed by atoms with Crippen molar-refractivity contribution in [2.75, 3.05) is 20.6 Å². The van der Waals surface area contributed by atoms with Gasteiger partial charge in [-0.25, -0.2) is 0 Å². The molecule has 0 saturated heterocycles. The van der Waals surface area contributed by atoms with E-state index in [0.717, 1.165) is 5.92 Å². The van der Waals surface area contributed by atoms with E-state index in [-0.39, 0.29) is 0 Å². The molecule has 0 radical (unpaired) electrons. The molecule has 0 heterocycles. The van der Waals surface area contributed by atoms with Gasteiger partial charge < -0.3 is 0 Å². The maximum absolute atomic E-state index is 2.71. The van der Waals surface area contributed by atoms with Crippen molar-refractivity contribution in [2.45, 2.75) is 61.1 Å². The number of rotatable bonds is 8. The van der Waals surface area contributed by atoms with Crippen molar-refractivity contribution >= 4 is 0 Å². The summed E-state index contributed by atoms with van der Waals surface area (Å²) in [7, 11) is 4.42. The molecule has 1 aliphatic rings. The summed E-state index contributed by atoms with van der Waals surface area (Å²) in [5.74, 6) is 1.44. The van der Waals surface area contributed by atoms with Gasteiger partial charge in [0.05, 0.1) is 0 Å². The van der Waals surface area contributed by atoms with Gasteiger partial charge in [-0.05, 0) is 0 Å². The van der Waals surface area contributed by atoms with Crippen molar-refractivity contribution in [3.05, 3.63) is 23.3 Å². The number of hydrogen-bond acceptors (Lipinski definition) is 1. The van der Waals surface area contributed by atoms with Crippen LogP contribution in [0.4, 0.5) is 0 Å². The molecule has 0 saturated carbocycles. The van der Waals surface area contributed by atoms with Crippen molar-refractivity contribution < 1.29 is 17.9 Å². The first-order valence-corrected chi connectivity index (χ1v) is 12.6. The van der Waals surface area contributed by atoms with Gasteiger partial charge in [0, 0.05) is 0 Å². The van der Waals surface area contributed by atoms with Gasteiger partial charge >= 0.3 is 140 Å². The van der Waals surface area contributed by atoms with Gasteiger partial charge in [-0.1, -0.05) is 0 Å². The Balaban J connectivity index is 3.21. The SMILES string of the molecule is CCC(C)C1=C[C](CCN(C)C)([Ti]([CH3])[CH3])C(C(C)CC)=C1. The normalized spacial score (nSPS) is 24.8. The van der Waals surface area contributed by atoms with Gasteiger partial charge in [-0.2, -0.15) is 0 Å². The molecule has 0 aromatic rings. The molecule has 1 nitrogen and oxygen atoms in total. The monoisotopic (exact) mass is 326 g/mol. The van der Waals surface area contributed by atoms with Gasteiger partial charge in [0.2, 0.25) is 0 Å². The summed E-state index contributed by atoms with van der Waals surface area (Å²) in [5, 5.41) is 5.14. The van der Waals surface area contributed by atoms with Crippen LogP contribution in [0.5, 0.6) is 0 Å². The molecule has 1 aliphatic carbocycles. The Morgan fingerprint density at radius 2 is 1.67 bits per heavy atom. The van der Waals surface area contributed by atoms with Gasteiger partial charge in [-0.3, -0.25) is 0 Å². The molecule has 3 atom stereocenters. The summed E-state index contributed by atoms with van der Waals surface area (Å²) in [5.41, 5.74) is 3.39. The topological polar surface area (TPSA) is 3.24 Å². The molecular weight excluding hydrogens is 290 g/mol. The second-order valence-corrected chi connectivity index (χ2v) is 11.9. The van der Waals surface area contributed by atoms with Crippen LogP contribution in [0.15, 0.2) is 23.3 Å². The van der Waals surface area contributed by atoms with Crippen molar-refractivity contribution in [3.8, 4) is 0 Å². The fraction of sp³-hybridized carbons (Fsp3) is 0.789. The molecule has 0 N–H and O–H groups in total. The van der Waals surface area contributed by atoms with Crippen LogP contribution in [0.25, 0.3) is 0 Å². The summed E-state index contributed by atoms with van der Waals surface area (Å²) in [6.45, 7) is 10.7. The molecular formula is C19H36NTi. The van der Waals surface area contributed by atoms with Crippen LogP contribution in [-0.2, 0) is 17.9 Å². The molecule has 0 amide bonds. The predicted molar refractivity (Wildman–Crippen MR) is 92.7 cm³/mol. The standard InChI is InChI=1S/C17H30N.2CH3.Ti/c1-7-13(3)16-11-15(9-10-18(5)6)17(12-16)14(4)8-2;;;/h11-14H,7-10H2,1-6H3;2*1H3;. The number of hydrogen-bond donors (Lipinski definition) is 0. The Bertz CT molecular complexity index is 394. The van der Waals surface area contributed by atoms with Crippen LogP contribution >= 0.6 is 0 Å². The molecule has 0 bridgehead atoms. The summed E-state index contributed by atoms with van der Waals surface area (Å²) in [6.07, 6.45) is 9.14. The fourth-order valence-corrected chi connectivity index (χ4v) is 6.40. The third-order valence-corrected chi connectivity index (χ3v) is 9.27. The summed E-state index contributed by atoms with van der Waals surface area (Å²) in [6, 6.07) is 0. The third-order valence-electron chi connectivity index (χ3n) is 5.42. The van der Waals surface area contributed by atoms with Crippen molar-refractivity contribution in [1.82, 2.24) is 4.90 Å².